The summed E-state index contributed by atoms with van der Waals surface area (Å²) in [6.45, 7) is 1.89. The first kappa shape index (κ1) is 7.19. The van der Waals surface area contributed by atoms with E-state index in [0.29, 0.717) is 0 Å². The lowest BCUT2D eigenvalue weighted by molar-refractivity contribution is 1.11. The molecule has 0 atom stereocenters. The van der Waals surface area contributed by atoms with Gasteiger partial charge in [-0.25, -0.2) is 9.97 Å². The summed E-state index contributed by atoms with van der Waals surface area (Å²) in [7, 11) is 0. The first-order chi connectivity index (χ1) is 5.81. The molecule has 0 radical (unpaired) electrons. The molecule has 12 heavy (non-hydrogen) atoms. The summed E-state index contributed by atoms with van der Waals surface area (Å²) in [5.41, 5.74) is 0.873. The summed E-state index contributed by atoms with van der Waals surface area (Å²) >= 11 is 1.53. The minimum absolute atomic E-state index is 0.252. The maximum absolute atomic E-state index is 8.59. The van der Waals surface area contributed by atoms with E-state index >= 15 is 0 Å². The molecule has 2 aromatic rings. The Balaban J connectivity index is 2.86. The zero-order chi connectivity index (χ0) is 8.55. The molecule has 0 fully saturated rings. The van der Waals surface area contributed by atoms with Crippen molar-refractivity contribution in [2.24, 2.45) is 0 Å². The van der Waals surface area contributed by atoms with Gasteiger partial charge in [0, 0.05) is 5.39 Å². The quantitative estimate of drug-likeness (QED) is 0.614. The number of aromatic nitrogens is 2. The maximum Gasteiger partial charge on any atom is 0.233 e. The van der Waals surface area contributed by atoms with Crippen LogP contribution in [-0.2, 0) is 0 Å². The molecule has 0 bridgehead atoms. The number of nitrogens with zero attached hydrogens (tertiary/aromatic N) is 3. The average Bonchev–Trinajstić information content (AvgIpc) is 2.52. The number of aryl methyl sites for hydroxylation is 1. The Kier molecular flexibility index (Phi) is 1.52. The van der Waals surface area contributed by atoms with Crippen molar-refractivity contribution < 1.29 is 0 Å². The van der Waals surface area contributed by atoms with Gasteiger partial charge in [-0.3, -0.25) is 0 Å². The molecular formula is C8H5N3S. The zero-order valence-corrected chi connectivity index (χ0v) is 7.22. The Morgan fingerprint density at radius 1 is 1.50 bits per heavy atom. The standard InChI is InChI=1S/C8H5N3S/c1-5-6-2-3-12-8(6)11-7(4-9)10-5/h2-3H,1H3. The summed E-state index contributed by atoms with van der Waals surface area (Å²) in [6, 6.07) is 3.90. The molecule has 0 N–H and O–H groups in total. The van der Waals surface area contributed by atoms with E-state index in [0.717, 1.165) is 15.9 Å². The fourth-order valence-corrected chi connectivity index (χ4v) is 1.87. The highest BCUT2D eigenvalue weighted by Gasteiger charge is 2.03. The summed E-state index contributed by atoms with van der Waals surface area (Å²) in [5.74, 6) is 0.252. The van der Waals surface area contributed by atoms with Gasteiger partial charge in [0.15, 0.2) is 0 Å². The summed E-state index contributed by atoms with van der Waals surface area (Å²) in [4.78, 5) is 8.98. The lowest BCUT2D eigenvalue weighted by Crippen LogP contribution is -1.90. The van der Waals surface area contributed by atoms with Crippen LogP contribution in [0.2, 0.25) is 0 Å². The lowest BCUT2D eigenvalue weighted by Gasteiger charge is -1.93. The van der Waals surface area contributed by atoms with Gasteiger partial charge in [0.1, 0.15) is 10.9 Å². The average molecular weight is 175 g/mol. The predicted octanol–water partition coefficient (Wildman–Crippen LogP) is 1.87. The van der Waals surface area contributed by atoms with E-state index in [1.54, 1.807) is 0 Å². The van der Waals surface area contributed by atoms with Crippen molar-refractivity contribution in [1.82, 2.24) is 9.97 Å². The van der Waals surface area contributed by atoms with E-state index < -0.39 is 0 Å². The lowest BCUT2D eigenvalue weighted by atomic mass is 10.3. The molecule has 2 heterocycles. The van der Waals surface area contributed by atoms with Crippen molar-refractivity contribution in [3.8, 4) is 6.07 Å². The van der Waals surface area contributed by atoms with Crippen LogP contribution in [0.1, 0.15) is 11.5 Å². The Morgan fingerprint density at radius 3 is 3.08 bits per heavy atom. The number of rotatable bonds is 0. The van der Waals surface area contributed by atoms with Crippen molar-refractivity contribution in [3.05, 3.63) is 23.0 Å². The number of thiophene rings is 1. The molecule has 0 aliphatic heterocycles. The summed E-state index contributed by atoms with van der Waals surface area (Å²) in [5, 5.41) is 11.6. The van der Waals surface area contributed by atoms with E-state index in [-0.39, 0.29) is 5.82 Å². The normalized spacial score (nSPS) is 10.0. The number of hydrogen-bond acceptors (Lipinski definition) is 4. The van der Waals surface area contributed by atoms with Gasteiger partial charge in [-0.1, -0.05) is 0 Å². The van der Waals surface area contributed by atoms with E-state index in [1.807, 2.05) is 24.4 Å². The van der Waals surface area contributed by atoms with Gasteiger partial charge in [-0.15, -0.1) is 11.3 Å². The van der Waals surface area contributed by atoms with E-state index in [9.17, 15) is 0 Å². The van der Waals surface area contributed by atoms with E-state index in [2.05, 4.69) is 9.97 Å². The molecule has 0 aromatic carbocycles. The Labute approximate surface area is 73.3 Å². The number of nitriles is 1. The van der Waals surface area contributed by atoms with Crippen LogP contribution in [-0.4, -0.2) is 9.97 Å². The molecular weight excluding hydrogens is 170 g/mol. The smallest absolute Gasteiger partial charge is 0.224 e. The fourth-order valence-electron chi connectivity index (χ4n) is 1.05. The van der Waals surface area contributed by atoms with Crippen molar-refractivity contribution in [3.63, 3.8) is 0 Å². The highest BCUT2D eigenvalue weighted by Crippen LogP contribution is 2.20. The third-order valence-corrected chi connectivity index (χ3v) is 2.42. The van der Waals surface area contributed by atoms with Crippen LogP contribution in [0.25, 0.3) is 10.2 Å². The second kappa shape index (κ2) is 2.54. The van der Waals surface area contributed by atoms with Crippen LogP contribution in [0, 0.1) is 18.3 Å². The van der Waals surface area contributed by atoms with E-state index in [1.165, 1.54) is 11.3 Å². The molecule has 3 nitrogen and oxygen atoms in total. The fraction of sp³-hybridized carbons (Fsp3) is 0.125. The van der Waals surface area contributed by atoms with Crippen LogP contribution >= 0.6 is 11.3 Å². The SMILES string of the molecule is Cc1nc(C#N)nc2sccc12. The molecule has 2 aromatic heterocycles. The van der Waals surface area contributed by atoms with E-state index in [4.69, 9.17) is 5.26 Å². The molecule has 0 spiro atoms. The third-order valence-electron chi connectivity index (χ3n) is 1.62. The molecule has 4 heteroatoms. The van der Waals surface area contributed by atoms with Crippen molar-refractivity contribution >= 4 is 21.6 Å². The monoisotopic (exact) mass is 175 g/mol. The molecule has 0 aliphatic carbocycles. The zero-order valence-electron chi connectivity index (χ0n) is 6.40. The van der Waals surface area contributed by atoms with Crippen LogP contribution in [0.15, 0.2) is 11.4 Å². The van der Waals surface area contributed by atoms with Crippen LogP contribution in [0.5, 0.6) is 0 Å². The number of fused-ring (bicyclic) bond motifs is 1. The molecule has 0 unspecified atom stereocenters. The topological polar surface area (TPSA) is 49.6 Å². The second-order valence-electron chi connectivity index (χ2n) is 2.38. The first-order valence-corrected chi connectivity index (χ1v) is 4.31. The highest BCUT2D eigenvalue weighted by molar-refractivity contribution is 7.16. The molecule has 0 saturated heterocycles. The Bertz CT molecular complexity index is 467. The molecule has 0 aliphatic rings. The van der Waals surface area contributed by atoms with Crippen molar-refractivity contribution in [2.45, 2.75) is 6.92 Å². The van der Waals surface area contributed by atoms with Gasteiger partial charge < -0.3 is 0 Å². The minimum atomic E-state index is 0.252. The second-order valence-corrected chi connectivity index (χ2v) is 3.28. The van der Waals surface area contributed by atoms with Gasteiger partial charge in [0.05, 0.1) is 5.69 Å². The molecule has 0 amide bonds. The number of hydrogen-bond donors (Lipinski definition) is 0. The van der Waals surface area contributed by atoms with Gasteiger partial charge >= 0.3 is 0 Å². The Hall–Kier alpha value is -1.47. The van der Waals surface area contributed by atoms with Gasteiger partial charge in [-0.2, -0.15) is 5.26 Å². The predicted molar refractivity (Wildman–Crippen MR) is 46.9 cm³/mol. The summed E-state index contributed by atoms with van der Waals surface area (Å²) < 4.78 is 0. The van der Waals surface area contributed by atoms with Gasteiger partial charge in [0.2, 0.25) is 5.82 Å². The highest BCUT2D eigenvalue weighted by atomic mass is 32.1. The molecule has 2 rings (SSSR count). The minimum Gasteiger partial charge on any atom is -0.224 e. The largest absolute Gasteiger partial charge is 0.233 e. The molecule has 58 valence electrons. The van der Waals surface area contributed by atoms with Crippen LogP contribution < -0.4 is 0 Å². The van der Waals surface area contributed by atoms with Crippen LogP contribution in [0.3, 0.4) is 0 Å². The van der Waals surface area contributed by atoms with Crippen molar-refractivity contribution in [2.75, 3.05) is 0 Å². The Morgan fingerprint density at radius 2 is 2.33 bits per heavy atom. The van der Waals surface area contributed by atoms with Crippen LogP contribution in [0.4, 0.5) is 0 Å². The molecule has 0 saturated carbocycles. The van der Waals surface area contributed by atoms with Gasteiger partial charge in [-0.05, 0) is 18.4 Å². The summed E-state index contributed by atoms with van der Waals surface area (Å²) in [6.07, 6.45) is 0. The van der Waals surface area contributed by atoms with Crippen molar-refractivity contribution in [1.29, 1.82) is 5.26 Å². The first-order valence-electron chi connectivity index (χ1n) is 3.43. The maximum atomic E-state index is 8.59. The van der Waals surface area contributed by atoms with Gasteiger partial charge in [0.25, 0.3) is 0 Å². The third kappa shape index (κ3) is 0.953.